The highest BCUT2D eigenvalue weighted by molar-refractivity contribution is 7.91. The lowest BCUT2D eigenvalue weighted by molar-refractivity contribution is 0.0695. The molecule has 110 valence electrons. The summed E-state index contributed by atoms with van der Waals surface area (Å²) in [5.41, 5.74) is -0.0642. The third-order valence-electron chi connectivity index (χ3n) is 3.76. The molecular formula is C13H18N2O4S. The normalized spacial score (nSPS) is 23.4. The summed E-state index contributed by atoms with van der Waals surface area (Å²) in [7, 11) is -3.38. The van der Waals surface area contributed by atoms with Gasteiger partial charge in [0.1, 0.15) is 11.9 Å². The van der Waals surface area contributed by atoms with Gasteiger partial charge in [0.25, 0.3) is 0 Å². The molecule has 0 aromatic carbocycles. The Morgan fingerprint density at radius 2 is 2.20 bits per heavy atom. The molecule has 2 unspecified atom stereocenters. The number of aromatic nitrogens is 2. The number of carboxylic acids is 1. The van der Waals surface area contributed by atoms with Gasteiger partial charge in [-0.25, -0.2) is 23.2 Å². The number of aromatic carboxylic acids is 1. The van der Waals surface area contributed by atoms with E-state index in [1.807, 2.05) is 0 Å². The fourth-order valence-corrected chi connectivity index (χ4v) is 4.66. The van der Waals surface area contributed by atoms with E-state index in [1.54, 1.807) is 0 Å². The number of carbonyl (C=O) groups is 1. The molecule has 1 aliphatic carbocycles. The van der Waals surface area contributed by atoms with Gasteiger partial charge in [0, 0.05) is 6.20 Å². The van der Waals surface area contributed by atoms with Crippen molar-refractivity contribution in [3.63, 3.8) is 0 Å². The van der Waals surface area contributed by atoms with Crippen LogP contribution in [0, 0.1) is 5.92 Å². The zero-order valence-electron chi connectivity index (χ0n) is 11.3. The van der Waals surface area contributed by atoms with Gasteiger partial charge >= 0.3 is 5.97 Å². The zero-order chi connectivity index (χ0) is 14.8. The van der Waals surface area contributed by atoms with Crippen molar-refractivity contribution in [3.8, 4) is 0 Å². The number of hydrogen-bond acceptors (Lipinski definition) is 5. The molecule has 1 heterocycles. The standard InChI is InChI=1S/C13H18N2O4S/c1-9-3-2-4-10(5-9)20(18,19)7-12-11(13(16)17)6-14-8-15-12/h6,8-10H,2-5,7H2,1H3,(H,16,17). The molecule has 1 aliphatic rings. The van der Waals surface area contributed by atoms with Crippen molar-refractivity contribution in [1.82, 2.24) is 9.97 Å². The van der Waals surface area contributed by atoms with Crippen LogP contribution in [0.1, 0.15) is 48.7 Å². The monoisotopic (exact) mass is 298 g/mol. The summed E-state index contributed by atoms with van der Waals surface area (Å²) in [4.78, 5) is 18.5. The lowest BCUT2D eigenvalue weighted by Crippen LogP contribution is -2.29. The van der Waals surface area contributed by atoms with E-state index in [0.29, 0.717) is 18.8 Å². The van der Waals surface area contributed by atoms with Gasteiger partial charge in [0.2, 0.25) is 0 Å². The Kier molecular flexibility index (Phi) is 4.37. The van der Waals surface area contributed by atoms with Gasteiger partial charge in [-0.3, -0.25) is 0 Å². The van der Waals surface area contributed by atoms with Crippen LogP contribution in [0.5, 0.6) is 0 Å². The first-order chi connectivity index (χ1) is 9.40. The van der Waals surface area contributed by atoms with Gasteiger partial charge in [-0.2, -0.15) is 0 Å². The topological polar surface area (TPSA) is 97.2 Å². The Morgan fingerprint density at radius 3 is 2.85 bits per heavy atom. The van der Waals surface area contributed by atoms with Crippen LogP contribution in [0.4, 0.5) is 0 Å². The van der Waals surface area contributed by atoms with Crippen molar-refractivity contribution < 1.29 is 18.3 Å². The van der Waals surface area contributed by atoms with Gasteiger partial charge in [0.05, 0.1) is 16.7 Å². The zero-order valence-corrected chi connectivity index (χ0v) is 12.1. The maximum Gasteiger partial charge on any atom is 0.339 e. The number of hydrogen-bond donors (Lipinski definition) is 1. The van der Waals surface area contributed by atoms with Crippen LogP contribution >= 0.6 is 0 Å². The smallest absolute Gasteiger partial charge is 0.339 e. The molecule has 6 nitrogen and oxygen atoms in total. The minimum Gasteiger partial charge on any atom is -0.478 e. The van der Waals surface area contributed by atoms with E-state index in [9.17, 15) is 13.2 Å². The molecular weight excluding hydrogens is 280 g/mol. The van der Waals surface area contributed by atoms with Gasteiger partial charge in [-0.15, -0.1) is 0 Å². The first-order valence-corrected chi connectivity index (χ1v) is 8.35. The Hall–Kier alpha value is -1.50. The minimum atomic E-state index is -3.38. The first-order valence-electron chi connectivity index (χ1n) is 6.64. The quantitative estimate of drug-likeness (QED) is 0.908. The molecule has 1 N–H and O–H groups in total. The molecule has 2 rings (SSSR count). The molecule has 2 atom stereocenters. The molecule has 0 bridgehead atoms. The van der Waals surface area contributed by atoms with Crippen LogP contribution in [0.25, 0.3) is 0 Å². The van der Waals surface area contributed by atoms with Crippen molar-refractivity contribution in [2.75, 3.05) is 0 Å². The third-order valence-corrected chi connectivity index (χ3v) is 5.88. The first kappa shape index (κ1) is 14.9. The summed E-state index contributed by atoms with van der Waals surface area (Å²) in [6.45, 7) is 2.05. The molecule has 0 aliphatic heterocycles. The van der Waals surface area contributed by atoms with E-state index in [1.165, 1.54) is 6.33 Å². The van der Waals surface area contributed by atoms with Gasteiger partial charge in [-0.1, -0.05) is 19.8 Å². The van der Waals surface area contributed by atoms with Gasteiger partial charge in [0.15, 0.2) is 9.84 Å². The Bertz CT molecular complexity index is 600. The van der Waals surface area contributed by atoms with Crippen LogP contribution in [-0.2, 0) is 15.6 Å². The lowest BCUT2D eigenvalue weighted by atomic mass is 9.91. The van der Waals surface area contributed by atoms with E-state index < -0.39 is 15.8 Å². The summed E-state index contributed by atoms with van der Waals surface area (Å²) in [6.07, 6.45) is 5.58. The number of rotatable bonds is 4. The summed E-state index contributed by atoms with van der Waals surface area (Å²) < 4.78 is 24.8. The van der Waals surface area contributed by atoms with Crippen molar-refractivity contribution in [2.45, 2.75) is 43.6 Å². The molecule has 1 aromatic heterocycles. The average molecular weight is 298 g/mol. The highest BCUT2D eigenvalue weighted by atomic mass is 32.2. The number of nitrogens with zero attached hydrogens (tertiary/aromatic N) is 2. The maximum absolute atomic E-state index is 12.4. The molecule has 7 heteroatoms. The molecule has 0 amide bonds. The lowest BCUT2D eigenvalue weighted by Gasteiger charge is -2.26. The van der Waals surface area contributed by atoms with Crippen LogP contribution in [0.2, 0.25) is 0 Å². The Balaban J connectivity index is 2.22. The highest BCUT2D eigenvalue weighted by Crippen LogP contribution is 2.30. The van der Waals surface area contributed by atoms with E-state index >= 15 is 0 Å². The fraction of sp³-hybridized carbons (Fsp3) is 0.615. The predicted octanol–water partition coefficient (Wildman–Crippen LogP) is 1.67. The van der Waals surface area contributed by atoms with E-state index in [0.717, 1.165) is 19.0 Å². The predicted molar refractivity (Wildman–Crippen MR) is 73.0 cm³/mol. The van der Waals surface area contributed by atoms with E-state index in [4.69, 9.17) is 5.11 Å². The second-order valence-corrected chi connectivity index (χ2v) is 7.67. The molecule has 0 spiro atoms. The second-order valence-electron chi connectivity index (χ2n) is 5.39. The second kappa shape index (κ2) is 5.87. The molecule has 1 fully saturated rings. The van der Waals surface area contributed by atoms with Crippen LogP contribution < -0.4 is 0 Å². The van der Waals surface area contributed by atoms with Crippen LogP contribution in [0.3, 0.4) is 0 Å². The summed E-state index contributed by atoms with van der Waals surface area (Å²) in [5.74, 6) is -1.13. The SMILES string of the molecule is CC1CCCC(S(=O)(=O)Cc2ncncc2C(=O)O)C1. The van der Waals surface area contributed by atoms with E-state index in [-0.39, 0.29) is 22.3 Å². The summed E-state index contributed by atoms with van der Waals surface area (Å²) in [6, 6.07) is 0. The minimum absolute atomic E-state index is 0.0747. The Labute approximate surface area is 118 Å². The van der Waals surface area contributed by atoms with Gasteiger partial charge in [-0.05, 0) is 18.8 Å². The number of carboxylic acid groups (broad SMARTS) is 1. The average Bonchev–Trinajstić information content (AvgIpc) is 2.38. The van der Waals surface area contributed by atoms with Crippen LogP contribution in [0.15, 0.2) is 12.5 Å². The van der Waals surface area contributed by atoms with Crippen molar-refractivity contribution in [3.05, 3.63) is 23.8 Å². The molecule has 0 radical (unpaired) electrons. The molecule has 20 heavy (non-hydrogen) atoms. The molecule has 1 saturated carbocycles. The number of sulfone groups is 1. The Morgan fingerprint density at radius 1 is 1.45 bits per heavy atom. The van der Waals surface area contributed by atoms with Crippen molar-refractivity contribution in [1.29, 1.82) is 0 Å². The molecule has 0 saturated heterocycles. The van der Waals surface area contributed by atoms with Crippen LogP contribution in [-0.4, -0.2) is 34.7 Å². The largest absolute Gasteiger partial charge is 0.478 e. The van der Waals surface area contributed by atoms with Crippen molar-refractivity contribution in [2.24, 2.45) is 5.92 Å². The molecule has 1 aromatic rings. The maximum atomic E-state index is 12.4. The highest BCUT2D eigenvalue weighted by Gasteiger charge is 2.31. The van der Waals surface area contributed by atoms with E-state index in [2.05, 4.69) is 16.9 Å². The third kappa shape index (κ3) is 3.33. The van der Waals surface area contributed by atoms with Crippen molar-refractivity contribution >= 4 is 15.8 Å². The summed E-state index contributed by atoms with van der Waals surface area (Å²) >= 11 is 0. The van der Waals surface area contributed by atoms with Gasteiger partial charge < -0.3 is 5.11 Å². The fourth-order valence-electron chi connectivity index (χ4n) is 2.66. The summed E-state index contributed by atoms with van der Waals surface area (Å²) in [5, 5.41) is 8.65.